The van der Waals surface area contributed by atoms with Gasteiger partial charge in [-0.3, -0.25) is 0 Å². The predicted molar refractivity (Wildman–Crippen MR) is 54.1 cm³/mol. The molecule has 1 heterocycles. The van der Waals surface area contributed by atoms with Crippen LogP contribution in [0.3, 0.4) is 0 Å². The van der Waals surface area contributed by atoms with Crippen LogP contribution >= 0.6 is 0 Å². The highest BCUT2D eigenvalue weighted by molar-refractivity contribution is 5.37. The average Bonchev–Trinajstić information content (AvgIpc) is 2.19. The first-order valence-electron chi connectivity index (χ1n) is 4.89. The third kappa shape index (κ3) is 1.89. The number of nitrogens with two attached hydrogens (primary N) is 1. The van der Waals surface area contributed by atoms with Crippen molar-refractivity contribution in [3.63, 3.8) is 0 Å². The highest BCUT2D eigenvalue weighted by Gasteiger charge is 2.15. The Morgan fingerprint density at radius 3 is 3.14 bits per heavy atom. The van der Waals surface area contributed by atoms with Gasteiger partial charge in [0.25, 0.3) is 0 Å². The Kier molecular flexibility index (Phi) is 2.70. The number of hydrogen-bond acceptors (Lipinski definition) is 3. The molecule has 2 rings (SSSR count). The van der Waals surface area contributed by atoms with E-state index in [0.29, 0.717) is 13.2 Å². The summed E-state index contributed by atoms with van der Waals surface area (Å²) in [5, 5.41) is 0. The lowest BCUT2D eigenvalue weighted by atomic mass is 10.1. The molecule has 0 bridgehead atoms. The van der Waals surface area contributed by atoms with Gasteiger partial charge in [-0.05, 0) is 37.6 Å². The maximum Gasteiger partial charge on any atom is 0.197 e. The van der Waals surface area contributed by atoms with E-state index < -0.39 is 0 Å². The first kappa shape index (κ1) is 9.49. The van der Waals surface area contributed by atoms with Gasteiger partial charge in [0.1, 0.15) is 5.75 Å². The van der Waals surface area contributed by atoms with Crippen LogP contribution in [0.4, 0.5) is 0 Å². The zero-order chi connectivity index (χ0) is 9.97. The molecule has 0 aromatic heterocycles. The van der Waals surface area contributed by atoms with Crippen LogP contribution in [0.15, 0.2) is 18.2 Å². The van der Waals surface area contributed by atoms with E-state index in [1.807, 2.05) is 13.0 Å². The molecule has 1 atom stereocenters. The van der Waals surface area contributed by atoms with Gasteiger partial charge in [-0.15, -0.1) is 0 Å². The van der Waals surface area contributed by atoms with Crippen molar-refractivity contribution < 1.29 is 9.47 Å². The predicted octanol–water partition coefficient (Wildman–Crippen LogP) is 1.44. The Labute approximate surface area is 83.8 Å². The maximum absolute atomic E-state index is 5.51. The standard InChI is InChI=1S/C11H15NO2/c1-8-13-7-10-6-9(4-5-12)2-3-11(10)14-8/h2-3,6,8H,4-5,7,12H2,1H3. The molecule has 2 N–H and O–H groups in total. The zero-order valence-electron chi connectivity index (χ0n) is 8.32. The van der Waals surface area contributed by atoms with Crippen LogP contribution in [0, 0.1) is 0 Å². The Morgan fingerprint density at radius 1 is 1.50 bits per heavy atom. The summed E-state index contributed by atoms with van der Waals surface area (Å²) in [6, 6.07) is 6.16. The van der Waals surface area contributed by atoms with Crippen LogP contribution in [-0.4, -0.2) is 12.8 Å². The molecule has 3 heteroatoms. The molecule has 1 aliphatic heterocycles. The summed E-state index contributed by atoms with van der Waals surface area (Å²) in [6.07, 6.45) is 0.769. The third-order valence-electron chi connectivity index (χ3n) is 2.32. The number of ether oxygens (including phenoxy) is 2. The number of benzene rings is 1. The minimum absolute atomic E-state index is 0.136. The van der Waals surface area contributed by atoms with Gasteiger partial charge >= 0.3 is 0 Å². The molecule has 14 heavy (non-hydrogen) atoms. The molecule has 1 aromatic rings. The molecule has 1 unspecified atom stereocenters. The maximum atomic E-state index is 5.51. The largest absolute Gasteiger partial charge is 0.465 e. The SMILES string of the molecule is CC1OCc2cc(CCN)ccc2O1. The van der Waals surface area contributed by atoms with Gasteiger partial charge in [0.2, 0.25) is 0 Å². The van der Waals surface area contributed by atoms with E-state index in [1.54, 1.807) is 0 Å². The van der Waals surface area contributed by atoms with Crippen LogP contribution < -0.4 is 10.5 Å². The minimum Gasteiger partial charge on any atom is -0.465 e. The Hall–Kier alpha value is -1.06. The highest BCUT2D eigenvalue weighted by Crippen LogP contribution is 2.26. The van der Waals surface area contributed by atoms with Crippen molar-refractivity contribution >= 4 is 0 Å². The Morgan fingerprint density at radius 2 is 2.36 bits per heavy atom. The molecule has 1 aliphatic rings. The zero-order valence-corrected chi connectivity index (χ0v) is 8.32. The second kappa shape index (κ2) is 3.98. The fourth-order valence-electron chi connectivity index (χ4n) is 1.60. The van der Waals surface area contributed by atoms with E-state index in [-0.39, 0.29) is 6.29 Å². The topological polar surface area (TPSA) is 44.5 Å². The molecule has 1 aromatic carbocycles. The third-order valence-corrected chi connectivity index (χ3v) is 2.32. The smallest absolute Gasteiger partial charge is 0.197 e. The summed E-state index contributed by atoms with van der Waals surface area (Å²) in [5.41, 5.74) is 7.86. The van der Waals surface area contributed by atoms with Crippen LogP contribution in [0.1, 0.15) is 18.1 Å². The first-order chi connectivity index (χ1) is 6.79. The van der Waals surface area contributed by atoms with Crippen molar-refractivity contribution in [2.45, 2.75) is 26.2 Å². The normalized spacial score (nSPS) is 20.0. The lowest BCUT2D eigenvalue weighted by Crippen LogP contribution is -2.21. The van der Waals surface area contributed by atoms with E-state index in [9.17, 15) is 0 Å². The van der Waals surface area contributed by atoms with Crippen molar-refractivity contribution in [2.75, 3.05) is 6.54 Å². The van der Waals surface area contributed by atoms with E-state index in [0.717, 1.165) is 17.7 Å². The van der Waals surface area contributed by atoms with Crippen molar-refractivity contribution in [2.24, 2.45) is 5.73 Å². The first-order valence-corrected chi connectivity index (χ1v) is 4.89. The van der Waals surface area contributed by atoms with Crippen molar-refractivity contribution in [3.05, 3.63) is 29.3 Å². The minimum atomic E-state index is -0.136. The molecule has 0 saturated heterocycles. The molecule has 0 saturated carbocycles. The fourth-order valence-corrected chi connectivity index (χ4v) is 1.60. The van der Waals surface area contributed by atoms with Gasteiger partial charge < -0.3 is 15.2 Å². The van der Waals surface area contributed by atoms with E-state index in [4.69, 9.17) is 15.2 Å². The Balaban J connectivity index is 2.22. The van der Waals surface area contributed by atoms with Crippen molar-refractivity contribution in [1.29, 1.82) is 0 Å². The van der Waals surface area contributed by atoms with Gasteiger partial charge in [0, 0.05) is 5.56 Å². The highest BCUT2D eigenvalue weighted by atomic mass is 16.7. The summed E-state index contributed by atoms with van der Waals surface area (Å²) in [6.45, 7) is 3.21. The average molecular weight is 193 g/mol. The number of hydrogen-bond donors (Lipinski definition) is 1. The van der Waals surface area contributed by atoms with Gasteiger partial charge in [0.05, 0.1) is 6.61 Å². The van der Waals surface area contributed by atoms with Crippen molar-refractivity contribution in [3.8, 4) is 5.75 Å². The second-order valence-corrected chi connectivity index (χ2v) is 3.48. The van der Waals surface area contributed by atoms with Gasteiger partial charge in [0.15, 0.2) is 6.29 Å². The van der Waals surface area contributed by atoms with Gasteiger partial charge in [-0.1, -0.05) is 6.07 Å². The lowest BCUT2D eigenvalue weighted by molar-refractivity contribution is -0.0944. The quantitative estimate of drug-likeness (QED) is 0.773. The molecule has 76 valence electrons. The second-order valence-electron chi connectivity index (χ2n) is 3.48. The summed E-state index contributed by atoms with van der Waals surface area (Å²) < 4.78 is 10.9. The van der Waals surface area contributed by atoms with Crippen LogP contribution in [0.25, 0.3) is 0 Å². The molecular formula is C11H15NO2. The number of rotatable bonds is 2. The van der Waals surface area contributed by atoms with E-state index in [2.05, 4.69) is 12.1 Å². The molecule has 0 aliphatic carbocycles. The molecule has 3 nitrogen and oxygen atoms in total. The molecular weight excluding hydrogens is 178 g/mol. The van der Waals surface area contributed by atoms with Crippen molar-refractivity contribution in [1.82, 2.24) is 0 Å². The van der Waals surface area contributed by atoms with Crippen LogP contribution in [0.5, 0.6) is 5.75 Å². The summed E-state index contributed by atoms with van der Waals surface area (Å²) in [7, 11) is 0. The monoisotopic (exact) mass is 193 g/mol. The molecule has 0 fully saturated rings. The Bertz CT molecular complexity index is 325. The van der Waals surface area contributed by atoms with E-state index >= 15 is 0 Å². The van der Waals surface area contributed by atoms with Gasteiger partial charge in [-0.2, -0.15) is 0 Å². The molecule has 0 amide bonds. The lowest BCUT2D eigenvalue weighted by Gasteiger charge is -2.24. The fraction of sp³-hybridized carbons (Fsp3) is 0.455. The number of fused-ring (bicyclic) bond motifs is 1. The van der Waals surface area contributed by atoms with E-state index in [1.165, 1.54) is 5.56 Å². The summed E-state index contributed by atoms with van der Waals surface area (Å²) >= 11 is 0. The summed E-state index contributed by atoms with van der Waals surface area (Å²) in [5.74, 6) is 0.935. The van der Waals surface area contributed by atoms with Crippen LogP contribution in [0.2, 0.25) is 0 Å². The van der Waals surface area contributed by atoms with Crippen LogP contribution in [-0.2, 0) is 17.8 Å². The molecule has 0 radical (unpaired) electrons. The van der Waals surface area contributed by atoms with Gasteiger partial charge in [-0.25, -0.2) is 0 Å². The summed E-state index contributed by atoms with van der Waals surface area (Å²) in [4.78, 5) is 0. The molecule has 0 spiro atoms.